The van der Waals surface area contributed by atoms with Crippen molar-refractivity contribution in [3.63, 3.8) is 0 Å². The molecular weight excluding hydrogens is 937 g/mol. The summed E-state index contributed by atoms with van der Waals surface area (Å²) in [6.07, 6.45) is 83.6. The van der Waals surface area contributed by atoms with Gasteiger partial charge in [-0.3, -0.25) is 14.4 Å². The van der Waals surface area contributed by atoms with E-state index in [0.717, 1.165) is 122 Å². The van der Waals surface area contributed by atoms with Gasteiger partial charge in [-0.15, -0.1) is 0 Å². The van der Waals surface area contributed by atoms with Crippen LogP contribution in [0.1, 0.15) is 335 Å². The molecule has 76 heavy (non-hydrogen) atoms. The molecule has 0 bridgehead atoms. The van der Waals surface area contributed by atoms with Gasteiger partial charge in [-0.2, -0.15) is 0 Å². The van der Waals surface area contributed by atoms with E-state index in [1.165, 1.54) is 173 Å². The number of allylic oxidation sites excluding steroid dienone is 12. The fraction of sp³-hybridized carbons (Fsp3) is 0.786. The van der Waals surface area contributed by atoms with Gasteiger partial charge in [0.1, 0.15) is 13.2 Å². The molecule has 0 radical (unpaired) electrons. The smallest absolute Gasteiger partial charge is 0.306 e. The van der Waals surface area contributed by atoms with Gasteiger partial charge in [0.05, 0.1) is 0 Å². The molecule has 0 N–H and O–H groups in total. The lowest BCUT2D eigenvalue weighted by Gasteiger charge is -2.18. The summed E-state index contributed by atoms with van der Waals surface area (Å²) in [5.41, 5.74) is 0. The van der Waals surface area contributed by atoms with Crippen molar-refractivity contribution in [2.24, 2.45) is 0 Å². The van der Waals surface area contributed by atoms with E-state index in [9.17, 15) is 14.4 Å². The molecule has 0 spiro atoms. The molecule has 0 rings (SSSR count). The summed E-state index contributed by atoms with van der Waals surface area (Å²) >= 11 is 0. The maximum atomic E-state index is 12.9. The largest absolute Gasteiger partial charge is 0.462 e. The number of hydrogen-bond acceptors (Lipinski definition) is 6. The number of esters is 3. The zero-order valence-corrected chi connectivity index (χ0v) is 50.5. The summed E-state index contributed by atoms with van der Waals surface area (Å²) < 4.78 is 16.9. The summed E-state index contributed by atoms with van der Waals surface area (Å²) in [4.78, 5) is 38.2. The third-order valence-electron chi connectivity index (χ3n) is 14.4. The Hall–Kier alpha value is -3.15. The summed E-state index contributed by atoms with van der Waals surface area (Å²) in [6, 6.07) is 0. The fourth-order valence-corrected chi connectivity index (χ4v) is 9.53. The maximum absolute atomic E-state index is 12.9. The van der Waals surface area contributed by atoms with Crippen LogP contribution in [-0.2, 0) is 28.6 Å². The van der Waals surface area contributed by atoms with Gasteiger partial charge in [0.15, 0.2) is 6.10 Å². The maximum Gasteiger partial charge on any atom is 0.306 e. The van der Waals surface area contributed by atoms with Crippen LogP contribution in [0.2, 0.25) is 0 Å². The van der Waals surface area contributed by atoms with Crippen molar-refractivity contribution >= 4 is 17.9 Å². The van der Waals surface area contributed by atoms with E-state index >= 15 is 0 Å². The van der Waals surface area contributed by atoms with E-state index < -0.39 is 6.10 Å². The highest BCUT2D eigenvalue weighted by Gasteiger charge is 2.19. The first-order valence-corrected chi connectivity index (χ1v) is 32.9. The van der Waals surface area contributed by atoms with Crippen LogP contribution in [0.5, 0.6) is 0 Å². The Balaban J connectivity index is 4.21. The average molecular weight is 1060 g/mol. The summed E-state index contributed by atoms with van der Waals surface area (Å²) in [5.74, 6) is -0.899. The molecule has 0 aliphatic heterocycles. The van der Waals surface area contributed by atoms with Gasteiger partial charge in [-0.25, -0.2) is 0 Å². The van der Waals surface area contributed by atoms with Gasteiger partial charge in [0, 0.05) is 19.3 Å². The molecule has 0 heterocycles. The van der Waals surface area contributed by atoms with Crippen molar-refractivity contribution in [2.75, 3.05) is 13.2 Å². The van der Waals surface area contributed by atoms with Gasteiger partial charge < -0.3 is 14.2 Å². The van der Waals surface area contributed by atoms with Crippen LogP contribution in [0.25, 0.3) is 0 Å². The first-order chi connectivity index (χ1) is 37.5. The molecule has 0 fully saturated rings. The zero-order chi connectivity index (χ0) is 55.0. The second kappa shape index (κ2) is 64.4. The number of carbonyl (C=O) groups is 3. The normalized spacial score (nSPS) is 12.5. The molecule has 0 aromatic rings. The number of ether oxygens (including phenoxy) is 3. The predicted molar refractivity (Wildman–Crippen MR) is 330 cm³/mol. The fourth-order valence-electron chi connectivity index (χ4n) is 9.53. The Bertz CT molecular complexity index is 1400. The Labute approximate surface area is 472 Å². The Morgan fingerprint density at radius 2 is 0.539 bits per heavy atom. The summed E-state index contributed by atoms with van der Waals surface area (Å²) in [6.45, 7) is 6.48. The lowest BCUT2D eigenvalue weighted by Crippen LogP contribution is -2.30. The number of rotatable bonds is 60. The molecule has 0 saturated heterocycles. The molecule has 440 valence electrons. The number of unbranched alkanes of at least 4 members (excludes halogenated alkanes) is 37. The van der Waals surface area contributed by atoms with E-state index in [0.29, 0.717) is 19.3 Å². The Kier molecular flexibility index (Phi) is 61.7. The van der Waals surface area contributed by atoms with Crippen LogP contribution < -0.4 is 0 Å². The van der Waals surface area contributed by atoms with Crippen LogP contribution in [0, 0.1) is 0 Å². The molecule has 1 atom stereocenters. The van der Waals surface area contributed by atoms with Gasteiger partial charge in [0.25, 0.3) is 0 Å². The molecule has 6 nitrogen and oxygen atoms in total. The summed E-state index contributed by atoms with van der Waals surface area (Å²) in [5, 5.41) is 0. The standard InChI is InChI=1S/C70H124O6/c1-4-7-10-13-16-19-22-24-26-28-30-32-33-34-35-36-37-39-40-42-44-46-48-51-54-57-60-63-69(72)75-66-67(65-74-68(71)62-59-56-53-50-21-18-15-12-9-6-3)76-70(73)64-61-58-55-52-49-47-45-43-41-38-31-29-27-25-23-20-17-14-11-8-5-2/h8,11-12,15,17,20,25,27,31,38,43,45,67H,4-7,9-10,13-14,16,18-19,21-24,26,28-30,32-37,39-42,44,46-66H2,1-3H3/b11-8-,15-12-,20-17-,27-25-,38-31-,45-43-. The van der Waals surface area contributed by atoms with Crippen LogP contribution in [0.3, 0.4) is 0 Å². The minimum absolute atomic E-state index is 0.0835. The molecule has 0 saturated carbocycles. The third-order valence-corrected chi connectivity index (χ3v) is 14.4. The Morgan fingerprint density at radius 3 is 0.868 bits per heavy atom. The molecule has 0 amide bonds. The van der Waals surface area contributed by atoms with Crippen LogP contribution in [0.15, 0.2) is 72.9 Å². The first kappa shape index (κ1) is 72.8. The minimum Gasteiger partial charge on any atom is -0.462 e. The van der Waals surface area contributed by atoms with Crippen molar-refractivity contribution in [1.29, 1.82) is 0 Å². The van der Waals surface area contributed by atoms with Crippen molar-refractivity contribution in [3.8, 4) is 0 Å². The third kappa shape index (κ3) is 61.7. The lowest BCUT2D eigenvalue weighted by atomic mass is 10.0. The van der Waals surface area contributed by atoms with Crippen molar-refractivity contribution < 1.29 is 28.6 Å². The molecule has 0 aliphatic carbocycles. The number of hydrogen-bond donors (Lipinski definition) is 0. The Morgan fingerprint density at radius 1 is 0.276 bits per heavy atom. The van der Waals surface area contributed by atoms with Gasteiger partial charge in [-0.1, -0.05) is 306 Å². The van der Waals surface area contributed by atoms with Crippen molar-refractivity contribution in [2.45, 2.75) is 341 Å². The highest BCUT2D eigenvalue weighted by atomic mass is 16.6. The average Bonchev–Trinajstić information content (AvgIpc) is 3.42. The van der Waals surface area contributed by atoms with Crippen LogP contribution in [-0.4, -0.2) is 37.2 Å². The SMILES string of the molecule is CC/C=C\C/C=C\C/C=C\C/C=C\C/C=C\CCCCCCCC(=O)OC(COC(=O)CCCCCCC/C=C\CCC)COC(=O)CCCCCCCCCCCCCCCCCCCCCCCCCCCCC. The van der Waals surface area contributed by atoms with E-state index in [1.54, 1.807) is 0 Å². The summed E-state index contributed by atoms with van der Waals surface area (Å²) in [7, 11) is 0. The first-order valence-electron chi connectivity index (χ1n) is 32.9. The van der Waals surface area contributed by atoms with Crippen LogP contribution in [0.4, 0.5) is 0 Å². The topological polar surface area (TPSA) is 78.9 Å². The van der Waals surface area contributed by atoms with E-state index in [1.807, 2.05) is 0 Å². The monoisotopic (exact) mass is 1060 g/mol. The minimum atomic E-state index is -0.788. The van der Waals surface area contributed by atoms with E-state index in [-0.39, 0.29) is 31.1 Å². The molecule has 0 aromatic heterocycles. The van der Waals surface area contributed by atoms with E-state index in [2.05, 4.69) is 93.7 Å². The van der Waals surface area contributed by atoms with Crippen molar-refractivity contribution in [1.82, 2.24) is 0 Å². The predicted octanol–water partition coefficient (Wildman–Crippen LogP) is 22.5. The van der Waals surface area contributed by atoms with Crippen LogP contribution >= 0.6 is 0 Å². The number of carbonyl (C=O) groups excluding carboxylic acids is 3. The highest BCUT2D eigenvalue weighted by Crippen LogP contribution is 2.18. The highest BCUT2D eigenvalue weighted by molar-refractivity contribution is 5.71. The zero-order valence-electron chi connectivity index (χ0n) is 50.5. The second-order valence-corrected chi connectivity index (χ2v) is 22.0. The van der Waals surface area contributed by atoms with Gasteiger partial charge in [0.2, 0.25) is 0 Å². The molecule has 1 unspecified atom stereocenters. The second-order valence-electron chi connectivity index (χ2n) is 22.0. The van der Waals surface area contributed by atoms with Gasteiger partial charge >= 0.3 is 17.9 Å². The molecule has 6 heteroatoms. The quantitative estimate of drug-likeness (QED) is 0.0261. The lowest BCUT2D eigenvalue weighted by molar-refractivity contribution is -0.167. The molecule has 0 aliphatic rings. The molecule has 0 aromatic carbocycles. The van der Waals surface area contributed by atoms with E-state index in [4.69, 9.17) is 14.2 Å². The van der Waals surface area contributed by atoms with Crippen molar-refractivity contribution in [3.05, 3.63) is 72.9 Å². The molecular formula is C70H124O6. The van der Waals surface area contributed by atoms with Gasteiger partial charge in [-0.05, 0) is 83.5 Å².